The number of halogens is 4. The summed E-state index contributed by atoms with van der Waals surface area (Å²) in [7, 11) is 1.74. The zero-order valence-electron chi connectivity index (χ0n) is 15.6. The Labute approximate surface area is 175 Å². The van der Waals surface area contributed by atoms with Crippen molar-refractivity contribution >= 4 is 29.9 Å². The average molecular weight is 501 g/mol. The minimum Gasteiger partial charge on any atom is -0.484 e. The maximum Gasteiger partial charge on any atom is 0.422 e. The van der Waals surface area contributed by atoms with Gasteiger partial charge in [-0.15, -0.1) is 24.0 Å². The summed E-state index contributed by atoms with van der Waals surface area (Å²) in [5.41, 5.74) is 0.940. The van der Waals surface area contributed by atoms with Gasteiger partial charge in [0.1, 0.15) is 5.75 Å². The van der Waals surface area contributed by atoms with Crippen molar-refractivity contribution in [2.45, 2.75) is 38.6 Å². The van der Waals surface area contributed by atoms with Gasteiger partial charge in [0, 0.05) is 33.3 Å². The van der Waals surface area contributed by atoms with Crippen LogP contribution in [0.3, 0.4) is 0 Å². The SMILES string of the molecule is CCOC1CCN(C(=NC)NCc2ccc(OCC(F)(F)F)cc2)CC1.I. The lowest BCUT2D eigenvalue weighted by molar-refractivity contribution is -0.153. The Bertz CT molecular complexity index is 574. The van der Waals surface area contributed by atoms with Gasteiger partial charge in [0.2, 0.25) is 0 Å². The molecule has 0 amide bonds. The van der Waals surface area contributed by atoms with Crippen molar-refractivity contribution < 1.29 is 22.6 Å². The molecule has 1 aromatic carbocycles. The van der Waals surface area contributed by atoms with Gasteiger partial charge >= 0.3 is 6.18 Å². The molecule has 1 heterocycles. The molecule has 0 aliphatic carbocycles. The van der Waals surface area contributed by atoms with E-state index in [1.165, 1.54) is 0 Å². The monoisotopic (exact) mass is 501 g/mol. The van der Waals surface area contributed by atoms with E-state index in [4.69, 9.17) is 9.47 Å². The van der Waals surface area contributed by atoms with Crippen molar-refractivity contribution in [1.82, 2.24) is 10.2 Å². The molecule has 5 nitrogen and oxygen atoms in total. The lowest BCUT2D eigenvalue weighted by Gasteiger charge is -2.34. The summed E-state index contributed by atoms with van der Waals surface area (Å²) in [6.07, 6.45) is -2.07. The second kappa shape index (κ2) is 11.6. The molecule has 1 N–H and O–H groups in total. The van der Waals surface area contributed by atoms with E-state index in [0.717, 1.165) is 44.1 Å². The third kappa shape index (κ3) is 8.54. The van der Waals surface area contributed by atoms with Crippen molar-refractivity contribution in [3.05, 3.63) is 29.8 Å². The normalized spacial score (nSPS) is 16.0. The van der Waals surface area contributed by atoms with Gasteiger partial charge in [-0.3, -0.25) is 4.99 Å². The first-order valence-electron chi connectivity index (χ1n) is 8.77. The van der Waals surface area contributed by atoms with E-state index in [2.05, 4.69) is 15.2 Å². The molecule has 154 valence electrons. The molecule has 0 radical (unpaired) electrons. The third-order valence-corrected chi connectivity index (χ3v) is 4.13. The topological polar surface area (TPSA) is 46.1 Å². The van der Waals surface area contributed by atoms with Gasteiger partial charge < -0.3 is 19.7 Å². The van der Waals surface area contributed by atoms with E-state index in [-0.39, 0.29) is 29.7 Å². The van der Waals surface area contributed by atoms with E-state index in [1.54, 1.807) is 31.3 Å². The molecule has 0 saturated carbocycles. The van der Waals surface area contributed by atoms with E-state index < -0.39 is 12.8 Å². The van der Waals surface area contributed by atoms with E-state index in [9.17, 15) is 13.2 Å². The summed E-state index contributed by atoms with van der Waals surface area (Å²) < 4.78 is 46.8. The quantitative estimate of drug-likeness (QED) is 0.366. The molecule has 0 bridgehead atoms. The van der Waals surface area contributed by atoms with Crippen LogP contribution in [0.5, 0.6) is 5.75 Å². The van der Waals surface area contributed by atoms with Crippen LogP contribution in [0.15, 0.2) is 29.3 Å². The number of rotatable bonds is 6. The number of aliphatic imine (C=N–C) groups is 1. The maximum absolute atomic E-state index is 12.2. The lowest BCUT2D eigenvalue weighted by atomic mass is 10.1. The molecule has 0 unspecified atom stereocenters. The summed E-state index contributed by atoms with van der Waals surface area (Å²) in [5, 5.41) is 3.29. The van der Waals surface area contributed by atoms with E-state index in [1.807, 2.05) is 6.92 Å². The number of alkyl halides is 3. The molecule has 1 aliphatic heterocycles. The Morgan fingerprint density at radius 2 is 1.85 bits per heavy atom. The highest BCUT2D eigenvalue weighted by atomic mass is 127. The van der Waals surface area contributed by atoms with Crippen LogP contribution in [0.25, 0.3) is 0 Å². The summed E-state index contributed by atoms with van der Waals surface area (Å²) in [5.74, 6) is 1.02. The minimum atomic E-state index is -4.33. The molecule has 1 aliphatic rings. The molecule has 0 atom stereocenters. The summed E-state index contributed by atoms with van der Waals surface area (Å²) >= 11 is 0. The first-order valence-corrected chi connectivity index (χ1v) is 8.77. The highest BCUT2D eigenvalue weighted by molar-refractivity contribution is 14.0. The maximum atomic E-state index is 12.2. The number of hydrogen-bond acceptors (Lipinski definition) is 3. The molecule has 1 saturated heterocycles. The first-order chi connectivity index (χ1) is 12.4. The fraction of sp³-hybridized carbons (Fsp3) is 0.611. The van der Waals surface area contributed by atoms with E-state index >= 15 is 0 Å². The molecule has 27 heavy (non-hydrogen) atoms. The number of nitrogens with one attached hydrogen (secondary N) is 1. The Morgan fingerprint density at radius 3 is 2.37 bits per heavy atom. The largest absolute Gasteiger partial charge is 0.484 e. The second-order valence-corrected chi connectivity index (χ2v) is 6.09. The van der Waals surface area contributed by atoms with Crippen molar-refractivity contribution in [3.63, 3.8) is 0 Å². The van der Waals surface area contributed by atoms with Gasteiger partial charge in [-0.25, -0.2) is 0 Å². The van der Waals surface area contributed by atoms with Crippen LogP contribution in [0.1, 0.15) is 25.3 Å². The molecule has 1 aromatic rings. The Morgan fingerprint density at radius 1 is 1.22 bits per heavy atom. The van der Waals surface area contributed by atoms with Gasteiger partial charge in [0.25, 0.3) is 0 Å². The summed E-state index contributed by atoms with van der Waals surface area (Å²) in [4.78, 5) is 6.50. The van der Waals surface area contributed by atoms with Crippen LogP contribution in [0.4, 0.5) is 13.2 Å². The molecule has 0 spiro atoms. The number of guanidine groups is 1. The first kappa shape index (κ1) is 23.8. The number of piperidine rings is 1. The van der Waals surface area contributed by atoms with Crippen LogP contribution in [0.2, 0.25) is 0 Å². The van der Waals surface area contributed by atoms with Crippen molar-refractivity contribution in [2.24, 2.45) is 4.99 Å². The molecular weight excluding hydrogens is 474 g/mol. The van der Waals surface area contributed by atoms with Gasteiger partial charge in [-0.1, -0.05) is 12.1 Å². The molecule has 9 heteroatoms. The Hall–Kier alpha value is -1.23. The third-order valence-electron chi connectivity index (χ3n) is 4.13. The van der Waals surface area contributed by atoms with Crippen LogP contribution in [-0.4, -0.2) is 56.5 Å². The number of ether oxygens (including phenoxy) is 2. The van der Waals surface area contributed by atoms with Gasteiger partial charge in [0.15, 0.2) is 12.6 Å². The lowest BCUT2D eigenvalue weighted by Crippen LogP contribution is -2.46. The zero-order chi connectivity index (χ0) is 19.0. The number of nitrogens with zero attached hydrogens (tertiary/aromatic N) is 2. The fourth-order valence-electron chi connectivity index (χ4n) is 2.85. The van der Waals surface area contributed by atoms with Crippen LogP contribution < -0.4 is 10.1 Å². The molecular formula is C18H27F3IN3O2. The standard InChI is InChI=1S/C18H26F3N3O2.HI/c1-3-25-16-8-10-24(11-9-16)17(22-2)23-12-14-4-6-15(7-5-14)26-13-18(19,20)21;/h4-7,16H,3,8-13H2,1-2H3,(H,22,23);1H. The Balaban J connectivity index is 0.00000364. The van der Waals surface area contributed by atoms with Crippen molar-refractivity contribution in [2.75, 3.05) is 33.4 Å². The van der Waals surface area contributed by atoms with Crippen molar-refractivity contribution in [1.29, 1.82) is 0 Å². The van der Waals surface area contributed by atoms with Gasteiger partial charge in [0.05, 0.1) is 6.10 Å². The van der Waals surface area contributed by atoms with Gasteiger partial charge in [-0.05, 0) is 37.5 Å². The van der Waals surface area contributed by atoms with Crippen molar-refractivity contribution in [3.8, 4) is 5.75 Å². The predicted molar refractivity (Wildman–Crippen MR) is 110 cm³/mol. The highest BCUT2D eigenvalue weighted by Gasteiger charge is 2.28. The van der Waals surface area contributed by atoms with Gasteiger partial charge in [-0.2, -0.15) is 13.2 Å². The summed E-state index contributed by atoms with van der Waals surface area (Å²) in [6.45, 7) is 3.77. The van der Waals surface area contributed by atoms with Crippen LogP contribution in [0, 0.1) is 0 Å². The second-order valence-electron chi connectivity index (χ2n) is 6.09. The Kier molecular flexibility index (Phi) is 10.2. The zero-order valence-corrected chi connectivity index (χ0v) is 17.9. The fourth-order valence-corrected chi connectivity index (χ4v) is 2.85. The molecule has 2 rings (SSSR count). The number of hydrogen-bond donors (Lipinski definition) is 1. The smallest absolute Gasteiger partial charge is 0.422 e. The number of likely N-dealkylation sites (tertiary alicyclic amines) is 1. The average Bonchev–Trinajstić information content (AvgIpc) is 2.62. The molecule has 0 aromatic heterocycles. The predicted octanol–water partition coefficient (Wildman–Crippen LogP) is 3.82. The summed E-state index contributed by atoms with van der Waals surface area (Å²) in [6, 6.07) is 6.57. The van der Waals surface area contributed by atoms with E-state index in [0.29, 0.717) is 12.6 Å². The van der Waals surface area contributed by atoms with Crippen LogP contribution >= 0.6 is 24.0 Å². The minimum absolute atomic E-state index is 0. The van der Waals surface area contributed by atoms with Crippen LogP contribution in [-0.2, 0) is 11.3 Å². The number of benzene rings is 1. The molecule has 1 fully saturated rings. The highest BCUT2D eigenvalue weighted by Crippen LogP contribution is 2.19.